The zero-order chi connectivity index (χ0) is 44.9. The highest BCUT2D eigenvalue weighted by Gasteiger charge is 2.52. The van der Waals surface area contributed by atoms with Gasteiger partial charge in [0, 0.05) is 42.7 Å². The minimum absolute atomic E-state index is 0.0223. The second-order valence-electron chi connectivity index (χ2n) is 15.5. The van der Waals surface area contributed by atoms with Crippen molar-refractivity contribution in [1.82, 2.24) is 10.4 Å². The van der Waals surface area contributed by atoms with Gasteiger partial charge in [0.15, 0.2) is 23.6 Å². The van der Waals surface area contributed by atoms with E-state index >= 15 is 0 Å². The third-order valence-corrected chi connectivity index (χ3v) is 11.1. The Morgan fingerprint density at radius 2 is 1.78 bits per heavy atom. The van der Waals surface area contributed by atoms with Gasteiger partial charge < -0.3 is 59.7 Å². The molecule has 7 rings (SSSR count). The van der Waals surface area contributed by atoms with Crippen molar-refractivity contribution in [3.63, 3.8) is 0 Å². The molecule has 0 saturated carbocycles. The minimum Gasteiger partial charge on any atom is -0.508 e. The maximum absolute atomic E-state index is 13.5. The molecule has 0 spiro atoms. The first-order valence-corrected chi connectivity index (χ1v) is 20.4. The molecule has 63 heavy (non-hydrogen) atoms. The molecule has 18 heteroatoms. The van der Waals surface area contributed by atoms with Gasteiger partial charge in [0.2, 0.25) is 12.6 Å². The van der Waals surface area contributed by atoms with Crippen LogP contribution >= 0.6 is 0 Å². The number of aliphatic imine (C=N–C) groups is 1. The summed E-state index contributed by atoms with van der Waals surface area (Å²) in [5, 5.41) is 77.2. The van der Waals surface area contributed by atoms with E-state index in [1.54, 1.807) is 18.3 Å². The van der Waals surface area contributed by atoms with Gasteiger partial charge in [-0.1, -0.05) is 23.8 Å². The van der Waals surface area contributed by atoms with Gasteiger partial charge in [-0.3, -0.25) is 24.2 Å². The summed E-state index contributed by atoms with van der Waals surface area (Å²) in [4.78, 5) is 50.0. The van der Waals surface area contributed by atoms with Crippen molar-refractivity contribution in [2.24, 2.45) is 10.9 Å². The highest BCUT2D eigenvalue weighted by Crippen LogP contribution is 2.41. The summed E-state index contributed by atoms with van der Waals surface area (Å²) in [6.07, 6.45) is -4.82. The molecule has 8 unspecified atom stereocenters. The second kappa shape index (κ2) is 19.6. The number of allylic oxidation sites excluding steroid dienone is 1. The van der Waals surface area contributed by atoms with Crippen LogP contribution in [-0.2, 0) is 30.3 Å². The van der Waals surface area contributed by atoms with E-state index in [-0.39, 0.29) is 53.0 Å². The molecule has 1 saturated heterocycles. The molecule has 3 aromatic carbocycles. The minimum atomic E-state index is -2.35. The fraction of sp³-hybridized carbons (Fsp3) is 0.378. The van der Waals surface area contributed by atoms with Crippen molar-refractivity contribution in [2.45, 2.75) is 75.6 Å². The van der Waals surface area contributed by atoms with Crippen molar-refractivity contribution < 1.29 is 68.8 Å². The van der Waals surface area contributed by atoms with Crippen LogP contribution in [0.4, 0.5) is 0 Å². The molecule has 8 atom stereocenters. The number of aliphatic hydroxyl groups excluding tert-OH is 5. The van der Waals surface area contributed by atoms with E-state index in [9.17, 15) is 50.1 Å². The number of fused-ring (bicyclic) bond motifs is 2. The second-order valence-corrected chi connectivity index (χ2v) is 15.5. The largest absolute Gasteiger partial charge is 0.508 e. The number of ether oxygens (including phenoxy) is 3. The van der Waals surface area contributed by atoms with Crippen LogP contribution in [0.15, 0.2) is 98.5 Å². The van der Waals surface area contributed by atoms with Crippen molar-refractivity contribution in [2.75, 3.05) is 26.8 Å². The number of unbranched alkanes of at least 4 members (excludes halogenated alkanes) is 1. The lowest BCUT2D eigenvalue weighted by atomic mass is 9.96. The summed E-state index contributed by atoms with van der Waals surface area (Å²) in [6.45, 7) is 1.70. The van der Waals surface area contributed by atoms with Crippen molar-refractivity contribution in [1.29, 1.82) is 0 Å². The van der Waals surface area contributed by atoms with Crippen LogP contribution in [0.2, 0.25) is 0 Å². The third kappa shape index (κ3) is 9.68. The monoisotopic (exact) mass is 871 g/mol. The van der Waals surface area contributed by atoms with Gasteiger partial charge in [-0.05, 0) is 93.3 Å². The summed E-state index contributed by atoms with van der Waals surface area (Å²) in [5.74, 6) is -4.86. The number of aryl methyl sites for hydroxylation is 2. The predicted molar refractivity (Wildman–Crippen MR) is 225 cm³/mol. The Hall–Kier alpha value is -5.96. The molecule has 3 aliphatic heterocycles. The Bertz CT molecular complexity index is 2470. The van der Waals surface area contributed by atoms with Gasteiger partial charge in [-0.2, -0.15) is 0 Å². The van der Waals surface area contributed by atoms with Crippen LogP contribution in [0.3, 0.4) is 0 Å². The van der Waals surface area contributed by atoms with E-state index < -0.39 is 67.5 Å². The number of esters is 1. The Kier molecular flexibility index (Phi) is 14.0. The van der Waals surface area contributed by atoms with Gasteiger partial charge in [0.05, 0.1) is 28.9 Å². The Labute approximate surface area is 360 Å². The highest BCUT2D eigenvalue weighted by atomic mass is 16.8. The molecular weight excluding hydrogens is 823 g/mol. The smallest absolute Gasteiger partial charge is 0.324 e. The van der Waals surface area contributed by atoms with Crippen LogP contribution in [0.1, 0.15) is 36.0 Å². The van der Waals surface area contributed by atoms with Crippen LogP contribution in [0.5, 0.6) is 11.5 Å². The van der Waals surface area contributed by atoms with Crippen molar-refractivity contribution >= 4 is 34.8 Å². The molecule has 0 amide bonds. The zero-order valence-corrected chi connectivity index (χ0v) is 34.4. The van der Waals surface area contributed by atoms with Gasteiger partial charge in [-0.25, -0.2) is 5.06 Å². The third-order valence-electron chi connectivity index (χ3n) is 11.1. The summed E-state index contributed by atoms with van der Waals surface area (Å²) < 4.78 is 23.3. The number of carboxylic acids is 1. The number of hydroxylamine groups is 2. The van der Waals surface area contributed by atoms with E-state index in [4.69, 9.17) is 23.5 Å². The van der Waals surface area contributed by atoms with Crippen LogP contribution in [-0.4, -0.2) is 129 Å². The summed E-state index contributed by atoms with van der Waals surface area (Å²) in [6, 6.07) is 15.1. The van der Waals surface area contributed by atoms with E-state index in [1.807, 2.05) is 31.2 Å². The standard InChI is InChI=1S/C45H49N3O15/c1-23-17-24(5-3-4-15-49)19-27(18-23)36-35-26(12-14-47-35)21-48(36)63-41-39(54)38(53)40(44(58)62-43(57)34(42(55)56)32(46-2)13-16-50)61-45(41)60-29-10-11-30-33(20-29)59-22-31(37(30)52)25-6-8-28(51)9-7-25/h6-12,14,17-20,22,32,34,38-41,44-46,49-51,53-54,58H,3-5,13,15-16,21H2,1-2H3,(H,55,56). The van der Waals surface area contributed by atoms with Crippen molar-refractivity contribution in [3.8, 4) is 22.6 Å². The number of nitrogens with zero attached hydrogens (tertiary/aromatic N) is 2. The molecule has 1 aromatic heterocycles. The van der Waals surface area contributed by atoms with E-state index in [1.165, 1.54) is 48.7 Å². The first kappa shape index (κ1) is 45.1. The number of benzene rings is 3. The Morgan fingerprint density at radius 3 is 2.49 bits per heavy atom. The lowest BCUT2D eigenvalue weighted by Gasteiger charge is -2.44. The van der Waals surface area contributed by atoms with Crippen molar-refractivity contribution in [3.05, 3.63) is 111 Å². The van der Waals surface area contributed by atoms with E-state index in [2.05, 4.69) is 10.3 Å². The lowest BCUT2D eigenvalue weighted by Crippen LogP contribution is -2.64. The first-order chi connectivity index (χ1) is 30.3. The SMILES string of the molecule is CNC(CCO)C(C(=O)O)C(=O)OC(O)C1OC(Oc2ccc3c(=O)c(-c4ccc(O)cc4)coc3c2)C(ON2CC3=CC=NC3=C2c2cc(C)cc(CCCCO)c2)C(O)C1O. The molecular formula is C45H49N3O15. The fourth-order valence-electron chi connectivity index (χ4n) is 7.93. The number of carbonyl (C=O) groups is 2. The number of aliphatic hydroxyl groups is 5. The molecule has 0 radical (unpaired) electrons. The zero-order valence-electron chi connectivity index (χ0n) is 34.4. The number of rotatable bonds is 18. The molecule has 1 fully saturated rings. The highest BCUT2D eigenvalue weighted by molar-refractivity contribution is 5.95. The molecule has 0 aliphatic carbocycles. The summed E-state index contributed by atoms with van der Waals surface area (Å²) in [5.41, 5.74) is 5.09. The number of hydrogen-bond acceptors (Lipinski definition) is 17. The van der Waals surface area contributed by atoms with Gasteiger partial charge in [0.25, 0.3) is 0 Å². The number of nitrogens with one attached hydrogen (secondary N) is 1. The van der Waals surface area contributed by atoms with Crippen LogP contribution in [0, 0.1) is 12.8 Å². The van der Waals surface area contributed by atoms with Gasteiger partial charge >= 0.3 is 11.9 Å². The Balaban J connectivity index is 1.21. The van der Waals surface area contributed by atoms with Crippen LogP contribution < -0.4 is 15.5 Å². The lowest BCUT2D eigenvalue weighted by molar-refractivity contribution is -0.344. The normalized spacial score (nSPS) is 22.2. The first-order valence-electron chi connectivity index (χ1n) is 20.4. The predicted octanol–water partition coefficient (Wildman–Crippen LogP) is 2.14. The van der Waals surface area contributed by atoms with E-state index in [0.29, 0.717) is 29.8 Å². The molecule has 0 bridgehead atoms. The molecule has 4 heterocycles. The number of aliphatic carboxylic acids is 1. The van der Waals surface area contributed by atoms with Gasteiger partial charge in [-0.15, -0.1) is 0 Å². The number of phenolic OH excluding ortho intramolecular Hbond substituents is 1. The number of carboxylic acid groups (broad SMARTS) is 1. The summed E-state index contributed by atoms with van der Waals surface area (Å²) in [7, 11) is 1.38. The quantitative estimate of drug-likeness (QED) is 0.0308. The topological polar surface area (TPSA) is 271 Å². The molecule has 3 aliphatic rings. The van der Waals surface area contributed by atoms with E-state index in [0.717, 1.165) is 28.7 Å². The average Bonchev–Trinajstić information content (AvgIpc) is 3.85. The Morgan fingerprint density at radius 1 is 1.00 bits per heavy atom. The average molecular weight is 872 g/mol. The number of aromatic hydroxyl groups is 1. The number of phenols is 1. The fourth-order valence-corrected chi connectivity index (χ4v) is 7.93. The molecule has 8 N–H and O–H groups in total. The number of carbonyl (C=O) groups excluding carboxylic acids is 1. The molecule has 18 nitrogen and oxygen atoms in total. The maximum Gasteiger partial charge on any atom is 0.324 e. The maximum atomic E-state index is 13.5. The number of hydrogen-bond donors (Lipinski definition) is 8. The summed E-state index contributed by atoms with van der Waals surface area (Å²) >= 11 is 0. The molecule has 334 valence electrons. The molecule has 4 aromatic rings. The van der Waals surface area contributed by atoms with Gasteiger partial charge in [0.1, 0.15) is 35.6 Å². The van der Waals surface area contributed by atoms with Crippen LogP contribution in [0.25, 0.3) is 27.8 Å².